The highest BCUT2D eigenvalue weighted by Crippen LogP contribution is 2.27. The Morgan fingerprint density at radius 1 is 1.00 bits per heavy atom. The molecule has 0 bridgehead atoms. The van der Waals surface area contributed by atoms with E-state index in [0.29, 0.717) is 41.8 Å². The molecule has 4 rings (SSSR count). The fraction of sp³-hybridized carbons (Fsp3) is 0.222. The van der Waals surface area contributed by atoms with Crippen molar-refractivity contribution < 1.29 is 4.79 Å². The second-order valence-corrected chi connectivity index (χ2v) is 6.74. The third-order valence-corrected chi connectivity index (χ3v) is 5.24. The van der Waals surface area contributed by atoms with E-state index in [1.165, 1.54) is 0 Å². The molecule has 1 N–H and O–H groups in total. The number of nitrogens with one attached hydrogen (secondary N) is 1. The number of carbonyl (C=O) groups excluding carboxylic acids is 1. The lowest BCUT2D eigenvalue weighted by Crippen LogP contribution is -2.49. The Morgan fingerprint density at radius 3 is 2.52 bits per heavy atom. The van der Waals surface area contributed by atoms with Crippen molar-refractivity contribution in [3.05, 3.63) is 58.1 Å². The van der Waals surface area contributed by atoms with Crippen LogP contribution in [-0.2, 0) is 0 Å². The predicted molar refractivity (Wildman–Crippen MR) is 101 cm³/mol. The molecule has 2 aromatic carbocycles. The average Bonchev–Trinajstić information content (AvgIpc) is 3.08. The van der Waals surface area contributed by atoms with Crippen molar-refractivity contribution in [2.24, 2.45) is 0 Å². The van der Waals surface area contributed by atoms with E-state index in [9.17, 15) is 4.79 Å². The summed E-state index contributed by atoms with van der Waals surface area (Å²) in [6.07, 6.45) is 0. The zero-order chi connectivity index (χ0) is 17.4. The van der Waals surface area contributed by atoms with Crippen molar-refractivity contribution in [1.29, 1.82) is 0 Å². The smallest absolute Gasteiger partial charge is 0.255 e. The number of benzene rings is 2. The Kier molecular flexibility index (Phi) is 4.27. The summed E-state index contributed by atoms with van der Waals surface area (Å²) < 4.78 is 0. The number of piperazine rings is 1. The number of H-pyrrole nitrogens is 1. The zero-order valence-electron chi connectivity index (χ0n) is 13.4. The van der Waals surface area contributed by atoms with Crippen LogP contribution in [0, 0.1) is 0 Å². The number of imidazole rings is 1. The summed E-state index contributed by atoms with van der Waals surface area (Å²) in [6.45, 7) is 2.64. The van der Waals surface area contributed by atoms with Crippen molar-refractivity contribution >= 4 is 46.1 Å². The Hall–Kier alpha value is -2.24. The van der Waals surface area contributed by atoms with Crippen molar-refractivity contribution in [2.75, 3.05) is 31.1 Å². The van der Waals surface area contributed by atoms with Gasteiger partial charge in [0.2, 0.25) is 5.95 Å². The number of hydrogen-bond donors (Lipinski definition) is 1. The largest absolute Gasteiger partial charge is 0.339 e. The summed E-state index contributed by atoms with van der Waals surface area (Å²) in [6, 6.07) is 13.1. The average molecular weight is 375 g/mol. The van der Waals surface area contributed by atoms with Crippen LogP contribution in [-0.4, -0.2) is 47.0 Å². The molecule has 0 unspecified atom stereocenters. The molecule has 1 aliphatic heterocycles. The van der Waals surface area contributed by atoms with Gasteiger partial charge in [0.15, 0.2) is 0 Å². The van der Waals surface area contributed by atoms with Crippen molar-refractivity contribution in [3.63, 3.8) is 0 Å². The van der Waals surface area contributed by atoms with Gasteiger partial charge in [0.25, 0.3) is 5.91 Å². The number of halogens is 2. The van der Waals surface area contributed by atoms with Gasteiger partial charge in [-0.1, -0.05) is 41.4 Å². The maximum atomic E-state index is 12.7. The van der Waals surface area contributed by atoms with E-state index in [-0.39, 0.29) is 5.91 Å². The van der Waals surface area contributed by atoms with Crippen molar-refractivity contribution in [1.82, 2.24) is 14.9 Å². The first kappa shape index (κ1) is 16.2. The van der Waals surface area contributed by atoms with Crippen molar-refractivity contribution in [3.8, 4) is 0 Å². The minimum atomic E-state index is -0.0863. The molecule has 0 aliphatic carbocycles. The maximum Gasteiger partial charge on any atom is 0.255 e. The van der Waals surface area contributed by atoms with Gasteiger partial charge < -0.3 is 14.8 Å². The van der Waals surface area contributed by atoms with Crippen LogP contribution in [0.5, 0.6) is 0 Å². The Morgan fingerprint density at radius 2 is 1.76 bits per heavy atom. The first-order chi connectivity index (χ1) is 12.1. The highest BCUT2D eigenvalue weighted by atomic mass is 35.5. The number of aromatic nitrogens is 2. The second kappa shape index (κ2) is 6.58. The van der Waals surface area contributed by atoms with Crippen LogP contribution < -0.4 is 4.90 Å². The molecule has 5 nitrogen and oxygen atoms in total. The summed E-state index contributed by atoms with van der Waals surface area (Å²) in [5, 5.41) is 0.710. The maximum absolute atomic E-state index is 12.7. The predicted octanol–water partition coefficient (Wildman–Crippen LogP) is 3.83. The molecule has 7 heteroatoms. The quantitative estimate of drug-likeness (QED) is 0.741. The van der Waals surface area contributed by atoms with Gasteiger partial charge in [-0.25, -0.2) is 4.98 Å². The molecule has 128 valence electrons. The number of anilines is 1. The molecule has 0 radical (unpaired) electrons. The lowest BCUT2D eigenvalue weighted by atomic mass is 10.2. The van der Waals surface area contributed by atoms with E-state index in [4.69, 9.17) is 23.2 Å². The van der Waals surface area contributed by atoms with Crippen LogP contribution in [0.2, 0.25) is 10.0 Å². The molecule has 25 heavy (non-hydrogen) atoms. The summed E-state index contributed by atoms with van der Waals surface area (Å²) in [7, 11) is 0. The summed E-state index contributed by atoms with van der Waals surface area (Å²) in [4.78, 5) is 24.6. The second-order valence-electron chi connectivity index (χ2n) is 5.96. The van der Waals surface area contributed by atoms with Crippen LogP contribution in [0.1, 0.15) is 10.4 Å². The van der Waals surface area contributed by atoms with Gasteiger partial charge in [-0.2, -0.15) is 0 Å². The van der Waals surface area contributed by atoms with E-state index in [2.05, 4.69) is 14.9 Å². The molecule has 1 fully saturated rings. The number of para-hydroxylation sites is 2. The Labute approximate surface area is 155 Å². The van der Waals surface area contributed by atoms with E-state index >= 15 is 0 Å². The number of hydrogen-bond acceptors (Lipinski definition) is 3. The number of rotatable bonds is 2. The topological polar surface area (TPSA) is 52.2 Å². The van der Waals surface area contributed by atoms with E-state index in [1.807, 2.05) is 24.3 Å². The molecular formula is C18H16Cl2N4O. The third-order valence-electron chi connectivity index (χ3n) is 4.43. The first-order valence-corrected chi connectivity index (χ1v) is 8.82. The standard InChI is InChI=1S/C18H16Cl2N4O/c19-13-5-3-4-12(16(13)20)17(25)23-8-10-24(11-9-23)18-21-14-6-1-2-7-15(14)22-18/h1-7H,8-11H2,(H,21,22). The lowest BCUT2D eigenvalue weighted by molar-refractivity contribution is 0.0746. The fourth-order valence-electron chi connectivity index (χ4n) is 3.05. The number of amides is 1. The van der Waals surface area contributed by atoms with Gasteiger partial charge in [0.05, 0.1) is 26.6 Å². The first-order valence-electron chi connectivity index (χ1n) is 8.06. The van der Waals surface area contributed by atoms with Gasteiger partial charge in [0.1, 0.15) is 0 Å². The normalized spacial score (nSPS) is 15.0. The monoisotopic (exact) mass is 374 g/mol. The molecule has 3 aromatic rings. The van der Waals surface area contributed by atoms with Gasteiger partial charge in [-0.3, -0.25) is 4.79 Å². The molecule has 0 atom stereocenters. The van der Waals surface area contributed by atoms with Crippen LogP contribution in [0.15, 0.2) is 42.5 Å². The molecule has 0 spiro atoms. The van der Waals surface area contributed by atoms with Crippen LogP contribution in [0.25, 0.3) is 11.0 Å². The van der Waals surface area contributed by atoms with E-state index in [1.54, 1.807) is 23.1 Å². The number of aromatic amines is 1. The summed E-state index contributed by atoms with van der Waals surface area (Å²) in [5.74, 6) is 0.755. The van der Waals surface area contributed by atoms with Gasteiger partial charge in [-0.05, 0) is 24.3 Å². The fourth-order valence-corrected chi connectivity index (χ4v) is 3.43. The van der Waals surface area contributed by atoms with Crippen LogP contribution in [0.3, 0.4) is 0 Å². The molecule has 1 aromatic heterocycles. The van der Waals surface area contributed by atoms with Crippen LogP contribution in [0.4, 0.5) is 5.95 Å². The molecule has 1 aliphatic rings. The molecule has 1 amide bonds. The molecule has 1 saturated heterocycles. The van der Waals surface area contributed by atoms with E-state index < -0.39 is 0 Å². The number of carbonyl (C=O) groups is 1. The lowest BCUT2D eigenvalue weighted by Gasteiger charge is -2.34. The SMILES string of the molecule is O=C(c1cccc(Cl)c1Cl)N1CCN(c2nc3ccccc3[nH]2)CC1. The number of fused-ring (bicyclic) bond motifs is 1. The highest BCUT2D eigenvalue weighted by Gasteiger charge is 2.25. The van der Waals surface area contributed by atoms with Crippen LogP contribution >= 0.6 is 23.2 Å². The summed E-state index contributed by atoms with van der Waals surface area (Å²) >= 11 is 12.2. The zero-order valence-corrected chi connectivity index (χ0v) is 14.9. The Bertz CT molecular complexity index is 899. The molecular weight excluding hydrogens is 359 g/mol. The molecule has 2 heterocycles. The minimum Gasteiger partial charge on any atom is -0.339 e. The Balaban J connectivity index is 1.47. The third kappa shape index (κ3) is 3.05. The van der Waals surface area contributed by atoms with Gasteiger partial charge >= 0.3 is 0 Å². The molecule has 0 saturated carbocycles. The summed E-state index contributed by atoms with van der Waals surface area (Å²) in [5.41, 5.74) is 2.41. The van der Waals surface area contributed by atoms with Gasteiger partial charge in [0, 0.05) is 26.2 Å². The van der Waals surface area contributed by atoms with E-state index in [0.717, 1.165) is 17.0 Å². The number of nitrogens with zero attached hydrogens (tertiary/aromatic N) is 3. The minimum absolute atomic E-state index is 0.0863. The van der Waals surface area contributed by atoms with Crippen molar-refractivity contribution in [2.45, 2.75) is 0 Å². The van der Waals surface area contributed by atoms with Gasteiger partial charge in [-0.15, -0.1) is 0 Å². The highest BCUT2D eigenvalue weighted by molar-refractivity contribution is 6.43.